The first-order chi connectivity index (χ1) is 36.4. The van der Waals surface area contributed by atoms with E-state index in [0.29, 0.717) is 55.4 Å². The van der Waals surface area contributed by atoms with Crippen molar-refractivity contribution in [1.82, 2.24) is 0 Å². The Labute approximate surface area is 458 Å². The summed E-state index contributed by atoms with van der Waals surface area (Å²) in [5.41, 5.74) is 0. The van der Waals surface area contributed by atoms with Crippen molar-refractivity contribution in [2.75, 3.05) is 13.2 Å². The molecule has 0 radical (unpaired) electrons. The second-order valence-electron chi connectivity index (χ2n) is 21.9. The van der Waals surface area contributed by atoms with Crippen LogP contribution in [0.5, 0.6) is 0 Å². The Morgan fingerprint density at radius 1 is 0.519 bits per heavy atom. The summed E-state index contributed by atoms with van der Waals surface area (Å²) in [6, 6.07) is 0. The zero-order valence-electron chi connectivity index (χ0n) is 46.0. The van der Waals surface area contributed by atoms with Crippen LogP contribution >= 0.6 is 0 Å². The number of rotatable bonds is 29. The molecule has 77 heavy (non-hydrogen) atoms. The molecule has 4 fully saturated rings. The highest BCUT2D eigenvalue weighted by Gasteiger charge is 2.52. The van der Waals surface area contributed by atoms with E-state index in [4.69, 9.17) is 19.3 Å². The van der Waals surface area contributed by atoms with Gasteiger partial charge in [0.1, 0.15) is 67.0 Å². The van der Waals surface area contributed by atoms with Gasteiger partial charge in [-0.15, -0.1) is 0 Å². The molecule has 5 aliphatic rings. The molecule has 0 spiro atoms. The standard InChI is InChI=1S/C29H48O9.C25H46O6.C4H2O3.CH4/c1-3-5-7-9-11-13-20-17-22(30)21(16-19(20)12-10-8-6-4-2)29-28(36)27(35)26(34)23(38-29)18-37-25(33)15-14-24(31)32;1-3-5-7-9-11-13-18-15-20(27)19(14-17(18)12-10-8-6-4-2)25-24(30)23(29)22(28)21(16-26)31-25;5-3-1-2-4(6)7-3;/h14-15,19-21,23,26-29,34-36H,3-13,16-18H2,1-2H3,(H,31,32);17-19,21-26,28-30H,3-16H2,1-2H3;1-2H;1H4/b15-14-;;;. The summed E-state index contributed by atoms with van der Waals surface area (Å²) in [7, 11) is 0. The van der Waals surface area contributed by atoms with Gasteiger partial charge in [-0.25, -0.2) is 19.2 Å². The molecular weight excluding hydrogens is 997 g/mol. The van der Waals surface area contributed by atoms with E-state index in [1.54, 1.807) is 0 Å². The van der Waals surface area contributed by atoms with E-state index in [9.17, 15) is 64.5 Å². The second-order valence-corrected chi connectivity index (χ2v) is 21.9. The normalized spacial score (nSPS) is 32.1. The number of ketones is 2. The lowest BCUT2D eigenvalue weighted by Gasteiger charge is -2.46. The van der Waals surface area contributed by atoms with Gasteiger partial charge in [-0.05, 0) is 49.4 Å². The van der Waals surface area contributed by atoms with Gasteiger partial charge in [0.05, 0.1) is 18.8 Å². The molecule has 2 aliphatic carbocycles. The number of carbonyl (C=O) groups excluding carboxylic acids is 5. The van der Waals surface area contributed by atoms with Gasteiger partial charge in [0, 0.05) is 49.0 Å². The molecule has 16 atom stereocenters. The fourth-order valence-electron chi connectivity index (χ4n) is 11.7. The van der Waals surface area contributed by atoms with Crippen LogP contribution in [0.4, 0.5) is 0 Å². The Bertz CT molecular complexity index is 1770. The number of unbranched alkanes of at least 4 members (excludes halogenated alkanes) is 14. The van der Waals surface area contributed by atoms with Crippen LogP contribution in [-0.2, 0) is 47.7 Å². The molecule has 18 nitrogen and oxygen atoms in total. The van der Waals surface area contributed by atoms with Gasteiger partial charge in [0.15, 0.2) is 0 Å². The first-order valence-electron chi connectivity index (χ1n) is 29.0. The van der Waals surface area contributed by atoms with Crippen LogP contribution in [0, 0.1) is 35.5 Å². The van der Waals surface area contributed by atoms with E-state index in [1.807, 2.05) is 0 Å². The number of carboxylic acids is 1. The number of cyclic esters (lactones) is 2. The molecule has 0 bridgehead atoms. The van der Waals surface area contributed by atoms with Crippen LogP contribution in [0.1, 0.15) is 202 Å². The van der Waals surface area contributed by atoms with Crippen LogP contribution < -0.4 is 0 Å². The molecule has 0 aromatic heterocycles. The minimum atomic E-state index is -1.57. The fraction of sp³-hybridized carbons (Fsp3) is 0.831. The van der Waals surface area contributed by atoms with Crippen LogP contribution in [0.15, 0.2) is 24.3 Å². The third-order valence-electron chi connectivity index (χ3n) is 16.2. The molecule has 5 rings (SSSR count). The van der Waals surface area contributed by atoms with Gasteiger partial charge in [0.25, 0.3) is 0 Å². The van der Waals surface area contributed by atoms with Gasteiger partial charge < -0.3 is 59.8 Å². The van der Waals surface area contributed by atoms with Crippen molar-refractivity contribution in [3.8, 4) is 0 Å². The van der Waals surface area contributed by atoms with Crippen molar-refractivity contribution in [1.29, 1.82) is 0 Å². The Morgan fingerprint density at radius 2 is 0.883 bits per heavy atom. The maximum atomic E-state index is 13.3. The van der Waals surface area contributed by atoms with Gasteiger partial charge in [0.2, 0.25) is 0 Å². The average molecular weight is 1100 g/mol. The highest BCUT2D eigenvalue weighted by molar-refractivity contribution is 6.04. The Kier molecular flexibility index (Phi) is 34.6. The van der Waals surface area contributed by atoms with Gasteiger partial charge in [-0.3, -0.25) is 9.59 Å². The van der Waals surface area contributed by atoms with E-state index < -0.39 is 110 Å². The summed E-state index contributed by atoms with van der Waals surface area (Å²) in [6.07, 6.45) is 18.5. The number of carbonyl (C=O) groups is 6. The van der Waals surface area contributed by atoms with E-state index in [2.05, 4.69) is 32.4 Å². The second kappa shape index (κ2) is 38.2. The lowest BCUT2D eigenvalue weighted by molar-refractivity contribution is -0.244. The summed E-state index contributed by atoms with van der Waals surface area (Å²) < 4.78 is 20.6. The quantitative estimate of drug-likeness (QED) is 0.0159. The minimum absolute atomic E-state index is 0. The third-order valence-corrected chi connectivity index (χ3v) is 16.2. The number of hydrogen-bond acceptors (Lipinski definition) is 17. The van der Waals surface area contributed by atoms with Crippen molar-refractivity contribution < 1.29 is 88.6 Å². The Morgan fingerprint density at radius 3 is 1.25 bits per heavy atom. The minimum Gasteiger partial charge on any atom is -0.478 e. The largest absolute Gasteiger partial charge is 0.478 e. The highest BCUT2D eigenvalue weighted by atomic mass is 16.6. The van der Waals surface area contributed by atoms with Gasteiger partial charge >= 0.3 is 23.9 Å². The topological polar surface area (TPSA) is 301 Å². The predicted octanol–water partition coefficient (Wildman–Crippen LogP) is 7.20. The maximum Gasteiger partial charge on any atom is 0.338 e. The van der Waals surface area contributed by atoms with Crippen molar-refractivity contribution in [3.05, 3.63) is 24.3 Å². The molecule has 0 aromatic rings. The summed E-state index contributed by atoms with van der Waals surface area (Å²) >= 11 is 0. The van der Waals surface area contributed by atoms with Crippen LogP contribution in [0.25, 0.3) is 0 Å². The number of Topliss-reactive ketones (excluding diaryl/α,β-unsaturated/α-hetero) is 2. The molecule has 16 unspecified atom stereocenters. The number of aliphatic hydroxyl groups excluding tert-OH is 7. The molecule has 8 N–H and O–H groups in total. The lowest BCUT2D eigenvalue weighted by atomic mass is 9.67. The summed E-state index contributed by atoms with van der Waals surface area (Å²) in [4.78, 5) is 68.6. The molecule has 18 heteroatoms. The van der Waals surface area contributed by atoms with E-state index in [1.165, 1.54) is 77.0 Å². The lowest BCUT2D eigenvalue weighted by Crippen LogP contribution is -2.62. The molecule has 3 aliphatic heterocycles. The Balaban J connectivity index is 0.000000467. The summed E-state index contributed by atoms with van der Waals surface area (Å²) in [5, 5.41) is 80.7. The smallest absolute Gasteiger partial charge is 0.338 e. The van der Waals surface area contributed by atoms with Crippen molar-refractivity contribution in [2.24, 2.45) is 35.5 Å². The zero-order valence-corrected chi connectivity index (χ0v) is 46.0. The molecular formula is C59H100O18. The van der Waals surface area contributed by atoms with Gasteiger partial charge in [-0.1, -0.05) is 164 Å². The summed E-state index contributed by atoms with van der Waals surface area (Å²) in [6.45, 7) is 7.87. The molecule has 0 aromatic carbocycles. The monoisotopic (exact) mass is 1100 g/mol. The van der Waals surface area contributed by atoms with Crippen molar-refractivity contribution in [2.45, 2.75) is 263 Å². The number of carboxylic acid groups (broad SMARTS) is 1. The van der Waals surface area contributed by atoms with E-state index >= 15 is 0 Å². The van der Waals surface area contributed by atoms with E-state index in [-0.39, 0.29) is 19.0 Å². The number of hydrogen-bond donors (Lipinski definition) is 8. The zero-order chi connectivity index (χ0) is 56.2. The fourth-order valence-corrected chi connectivity index (χ4v) is 11.7. The summed E-state index contributed by atoms with van der Waals surface area (Å²) in [5.74, 6) is -3.01. The van der Waals surface area contributed by atoms with Crippen molar-refractivity contribution >= 4 is 35.4 Å². The van der Waals surface area contributed by atoms with Crippen LogP contribution in [0.3, 0.4) is 0 Å². The molecule has 2 saturated carbocycles. The van der Waals surface area contributed by atoms with Gasteiger partial charge in [-0.2, -0.15) is 0 Å². The number of esters is 3. The predicted molar refractivity (Wildman–Crippen MR) is 289 cm³/mol. The SMILES string of the molecule is C.CCCCCCCC1CC(=O)C(C2OC(CO)C(O)C(O)C2O)CC1CCCCCC.CCCCCCCC1CC(=O)C(C2OC(COC(=O)/C=C\C(=O)O)C(O)C(O)C2O)CC1CCCCCC.O=C1C=CC(=O)O1. The van der Waals surface area contributed by atoms with Crippen molar-refractivity contribution in [3.63, 3.8) is 0 Å². The third kappa shape index (κ3) is 23.7. The molecule has 0 amide bonds. The van der Waals surface area contributed by atoms with Crippen LogP contribution in [-0.4, -0.2) is 151 Å². The first-order valence-corrected chi connectivity index (χ1v) is 29.0. The maximum absolute atomic E-state index is 13.3. The Hall–Kier alpha value is -3.46. The number of ether oxygens (including phenoxy) is 4. The first kappa shape index (κ1) is 69.6. The number of aliphatic carboxylic acids is 1. The highest BCUT2D eigenvalue weighted by Crippen LogP contribution is 2.44. The molecule has 3 heterocycles. The number of aliphatic hydroxyl groups is 7. The van der Waals surface area contributed by atoms with Crippen LogP contribution in [0.2, 0.25) is 0 Å². The van der Waals surface area contributed by atoms with E-state index in [0.717, 1.165) is 82.4 Å². The average Bonchev–Trinajstić information content (AvgIpc) is 3.79. The molecule has 444 valence electrons. The molecule has 2 saturated heterocycles.